The molecule has 0 spiro atoms. The fourth-order valence-corrected chi connectivity index (χ4v) is 5.42. The molecule has 2 fully saturated rings. The van der Waals surface area contributed by atoms with E-state index < -0.39 is 5.82 Å². The molecule has 2 aliphatic carbocycles. The predicted octanol–water partition coefficient (Wildman–Crippen LogP) is 7.68. The first-order valence-corrected chi connectivity index (χ1v) is 11.0. The Morgan fingerprint density at radius 3 is 2.43 bits per heavy atom. The van der Waals surface area contributed by atoms with Crippen molar-refractivity contribution in [1.82, 2.24) is 0 Å². The standard InChI is InChI=1S/C27H30F2O/c1-3-13-30-23-10-12-25(27(29)17-23)22-9-11-24(26(28)16-22)21-8-7-19-14-18(4-2)5-6-20(19)15-21/h3-4,9-12,16-21H,1-2,5-8,13-15H2. The van der Waals surface area contributed by atoms with Crippen molar-refractivity contribution in [1.29, 1.82) is 0 Å². The number of allylic oxidation sites excluding steroid dienone is 1. The van der Waals surface area contributed by atoms with Crippen LogP contribution in [0.25, 0.3) is 11.1 Å². The van der Waals surface area contributed by atoms with E-state index in [1.807, 2.05) is 12.1 Å². The van der Waals surface area contributed by atoms with E-state index in [9.17, 15) is 4.39 Å². The van der Waals surface area contributed by atoms with Crippen LogP contribution in [0.1, 0.15) is 50.0 Å². The van der Waals surface area contributed by atoms with Crippen LogP contribution < -0.4 is 4.74 Å². The fourth-order valence-electron chi connectivity index (χ4n) is 5.42. The minimum Gasteiger partial charge on any atom is -0.489 e. The lowest BCUT2D eigenvalue weighted by atomic mass is 9.64. The van der Waals surface area contributed by atoms with Gasteiger partial charge in [0.05, 0.1) is 0 Å². The van der Waals surface area contributed by atoms with Crippen molar-refractivity contribution in [3.8, 4) is 16.9 Å². The van der Waals surface area contributed by atoms with Gasteiger partial charge in [-0.1, -0.05) is 30.9 Å². The molecule has 2 saturated carbocycles. The summed E-state index contributed by atoms with van der Waals surface area (Å²) in [7, 11) is 0. The number of hydrogen-bond donors (Lipinski definition) is 0. The van der Waals surface area contributed by atoms with Crippen LogP contribution in [0.15, 0.2) is 61.7 Å². The van der Waals surface area contributed by atoms with Gasteiger partial charge in [0.15, 0.2) is 0 Å². The van der Waals surface area contributed by atoms with Crippen LogP contribution in [0.5, 0.6) is 5.75 Å². The first-order valence-electron chi connectivity index (χ1n) is 11.0. The third-order valence-corrected chi connectivity index (χ3v) is 7.05. The zero-order valence-electron chi connectivity index (χ0n) is 17.5. The maximum atomic E-state index is 15.1. The van der Waals surface area contributed by atoms with Gasteiger partial charge in [-0.2, -0.15) is 0 Å². The van der Waals surface area contributed by atoms with Crippen LogP contribution in [0.4, 0.5) is 8.78 Å². The maximum Gasteiger partial charge on any atom is 0.134 e. The van der Waals surface area contributed by atoms with Crippen molar-refractivity contribution >= 4 is 0 Å². The molecular weight excluding hydrogens is 378 g/mol. The highest BCUT2D eigenvalue weighted by Gasteiger charge is 2.36. The number of hydrogen-bond acceptors (Lipinski definition) is 1. The van der Waals surface area contributed by atoms with Crippen LogP contribution in [0.3, 0.4) is 0 Å². The molecule has 4 atom stereocenters. The summed E-state index contributed by atoms with van der Waals surface area (Å²) in [6, 6.07) is 9.89. The second-order valence-corrected chi connectivity index (χ2v) is 8.82. The molecule has 4 unspecified atom stereocenters. The number of ether oxygens (including phenoxy) is 1. The molecule has 0 heterocycles. The van der Waals surface area contributed by atoms with Gasteiger partial charge < -0.3 is 4.74 Å². The summed E-state index contributed by atoms with van der Waals surface area (Å²) in [5, 5.41) is 0. The van der Waals surface area contributed by atoms with Crippen molar-refractivity contribution in [3.63, 3.8) is 0 Å². The monoisotopic (exact) mass is 408 g/mol. The van der Waals surface area contributed by atoms with Gasteiger partial charge in [-0.15, -0.1) is 6.58 Å². The molecule has 0 aromatic heterocycles. The van der Waals surface area contributed by atoms with Gasteiger partial charge in [-0.3, -0.25) is 0 Å². The Morgan fingerprint density at radius 2 is 1.70 bits per heavy atom. The number of fused-ring (bicyclic) bond motifs is 1. The predicted molar refractivity (Wildman–Crippen MR) is 119 cm³/mol. The molecule has 2 aliphatic rings. The van der Waals surface area contributed by atoms with Crippen molar-refractivity contribution in [2.45, 2.75) is 44.4 Å². The first kappa shape index (κ1) is 20.8. The summed E-state index contributed by atoms with van der Waals surface area (Å²) in [6.07, 6.45) is 10.7. The van der Waals surface area contributed by atoms with Gasteiger partial charge in [-0.05, 0) is 91.5 Å². The van der Waals surface area contributed by atoms with E-state index in [4.69, 9.17) is 4.74 Å². The van der Waals surface area contributed by atoms with Crippen LogP contribution in [-0.2, 0) is 0 Å². The largest absolute Gasteiger partial charge is 0.489 e. The lowest BCUT2D eigenvalue weighted by Crippen LogP contribution is -2.30. The third kappa shape index (κ3) is 4.35. The molecule has 30 heavy (non-hydrogen) atoms. The summed E-state index contributed by atoms with van der Waals surface area (Å²) >= 11 is 0. The van der Waals surface area contributed by atoms with E-state index in [2.05, 4.69) is 19.2 Å². The quantitative estimate of drug-likeness (QED) is 0.445. The Morgan fingerprint density at radius 1 is 0.900 bits per heavy atom. The van der Waals surface area contributed by atoms with Gasteiger partial charge in [0.25, 0.3) is 0 Å². The van der Waals surface area contributed by atoms with Crippen LogP contribution in [0, 0.1) is 29.4 Å². The Bertz CT molecular complexity index is 919. The number of benzene rings is 2. The minimum atomic E-state index is -0.414. The van der Waals surface area contributed by atoms with Crippen molar-refractivity contribution in [3.05, 3.63) is 78.9 Å². The topological polar surface area (TPSA) is 9.23 Å². The van der Waals surface area contributed by atoms with Crippen LogP contribution in [-0.4, -0.2) is 6.61 Å². The Balaban J connectivity index is 1.49. The molecule has 0 amide bonds. The van der Waals surface area contributed by atoms with Crippen LogP contribution in [0.2, 0.25) is 0 Å². The molecule has 0 radical (unpaired) electrons. The van der Waals surface area contributed by atoms with E-state index in [1.54, 1.807) is 18.2 Å². The first-order chi connectivity index (χ1) is 14.6. The molecule has 0 aliphatic heterocycles. The normalized spacial score (nSPS) is 25.9. The lowest BCUT2D eigenvalue weighted by molar-refractivity contribution is 0.132. The summed E-state index contributed by atoms with van der Waals surface area (Å²) < 4.78 is 35.0. The highest BCUT2D eigenvalue weighted by molar-refractivity contribution is 5.65. The smallest absolute Gasteiger partial charge is 0.134 e. The van der Waals surface area contributed by atoms with E-state index in [0.717, 1.165) is 24.3 Å². The molecule has 0 saturated heterocycles. The molecule has 4 rings (SSSR count). The summed E-state index contributed by atoms with van der Waals surface area (Å²) in [4.78, 5) is 0. The lowest BCUT2D eigenvalue weighted by Gasteiger charge is -2.41. The van der Waals surface area contributed by atoms with E-state index in [0.29, 0.717) is 35.3 Å². The SMILES string of the molecule is C=CCOc1ccc(-c2ccc(C3CCC4CC(C=C)CCC4C3)c(F)c2)c(F)c1. The average molecular weight is 409 g/mol. The summed E-state index contributed by atoms with van der Waals surface area (Å²) in [6.45, 7) is 7.87. The second kappa shape index (κ2) is 9.16. The van der Waals surface area contributed by atoms with Gasteiger partial charge >= 0.3 is 0 Å². The van der Waals surface area contributed by atoms with E-state index in [1.165, 1.54) is 37.8 Å². The molecule has 158 valence electrons. The van der Waals surface area contributed by atoms with Gasteiger partial charge in [0.1, 0.15) is 24.0 Å². The zero-order chi connectivity index (χ0) is 21.1. The molecule has 0 bridgehead atoms. The number of halogens is 2. The molecule has 2 aromatic rings. The number of rotatable bonds is 6. The van der Waals surface area contributed by atoms with E-state index >= 15 is 4.39 Å². The molecule has 1 nitrogen and oxygen atoms in total. The molecule has 3 heteroatoms. The van der Waals surface area contributed by atoms with Crippen LogP contribution >= 0.6 is 0 Å². The third-order valence-electron chi connectivity index (χ3n) is 7.05. The van der Waals surface area contributed by atoms with Crippen molar-refractivity contribution in [2.24, 2.45) is 17.8 Å². The van der Waals surface area contributed by atoms with Crippen molar-refractivity contribution < 1.29 is 13.5 Å². The second-order valence-electron chi connectivity index (χ2n) is 8.82. The maximum absolute atomic E-state index is 15.1. The Labute approximate surface area is 178 Å². The Hall–Kier alpha value is -2.42. The summed E-state index contributed by atoms with van der Waals surface area (Å²) in [5.74, 6) is 2.18. The highest BCUT2D eigenvalue weighted by Crippen LogP contribution is 2.48. The highest BCUT2D eigenvalue weighted by atomic mass is 19.1. The van der Waals surface area contributed by atoms with Crippen molar-refractivity contribution in [2.75, 3.05) is 6.61 Å². The Kier molecular flexibility index (Phi) is 6.36. The fraction of sp³-hybridized carbons (Fsp3) is 0.407. The molecule has 0 N–H and O–H groups in total. The van der Waals surface area contributed by atoms with Gasteiger partial charge in [0, 0.05) is 11.6 Å². The summed E-state index contributed by atoms with van der Waals surface area (Å²) in [5.41, 5.74) is 1.73. The van der Waals surface area contributed by atoms with Gasteiger partial charge in [-0.25, -0.2) is 8.78 Å². The van der Waals surface area contributed by atoms with E-state index in [-0.39, 0.29) is 11.7 Å². The van der Waals surface area contributed by atoms with Gasteiger partial charge in [0.2, 0.25) is 0 Å². The molecular formula is C27H30F2O. The average Bonchev–Trinajstić information content (AvgIpc) is 2.77. The molecule has 2 aromatic carbocycles. The minimum absolute atomic E-state index is 0.220. The zero-order valence-corrected chi connectivity index (χ0v) is 17.5.